The van der Waals surface area contributed by atoms with Crippen LogP contribution in [0.15, 0.2) is 15.7 Å². The molecule has 1 aliphatic rings. The average Bonchev–Trinajstić information content (AvgIpc) is 3.21. The highest BCUT2D eigenvalue weighted by Crippen LogP contribution is 2.32. The second kappa shape index (κ2) is 7.90. The molecule has 0 aromatic carbocycles. The molecular weight excluding hydrogens is 340 g/mol. The minimum atomic E-state index is -0.196. The van der Waals surface area contributed by atoms with Gasteiger partial charge in [-0.1, -0.05) is 50.0 Å². The van der Waals surface area contributed by atoms with Crippen molar-refractivity contribution in [3.8, 4) is 0 Å². The van der Waals surface area contributed by atoms with Crippen LogP contribution in [0.25, 0.3) is 0 Å². The van der Waals surface area contributed by atoms with Gasteiger partial charge in [-0.15, -0.1) is 10.2 Å². The minimum Gasteiger partial charge on any atom is -0.338 e. The number of amides is 1. The Morgan fingerprint density at radius 2 is 2.16 bits per heavy atom. The first-order valence-electron chi connectivity index (χ1n) is 8.64. The number of nitrogens with one attached hydrogen (secondary N) is 1. The van der Waals surface area contributed by atoms with Crippen LogP contribution >= 0.6 is 11.8 Å². The molecule has 0 spiro atoms. The van der Waals surface area contributed by atoms with Crippen LogP contribution in [0.3, 0.4) is 0 Å². The lowest BCUT2D eigenvalue weighted by atomic mass is 9.89. The highest BCUT2D eigenvalue weighted by molar-refractivity contribution is 7.99. The van der Waals surface area contributed by atoms with Crippen molar-refractivity contribution in [1.82, 2.24) is 20.0 Å². The molecule has 1 fully saturated rings. The number of carbonyl (C=O) groups excluding carboxylic acids is 1. The van der Waals surface area contributed by atoms with Crippen LogP contribution in [0.2, 0.25) is 0 Å². The number of thioether (sulfide) groups is 1. The van der Waals surface area contributed by atoms with E-state index < -0.39 is 0 Å². The summed E-state index contributed by atoms with van der Waals surface area (Å²) in [5, 5.41) is 15.5. The molecule has 136 valence electrons. The van der Waals surface area contributed by atoms with E-state index >= 15 is 0 Å². The molecule has 0 atom stereocenters. The molecule has 25 heavy (non-hydrogen) atoms. The monoisotopic (exact) mass is 364 g/mol. The Bertz CT molecular complexity index is 720. The number of carbonyl (C=O) groups is 1. The minimum absolute atomic E-state index is 0.178. The molecule has 2 aromatic heterocycles. The predicted molar refractivity (Wildman–Crippen MR) is 95.9 cm³/mol. The number of hydrogen-bond donors (Lipinski definition) is 2. The fraction of sp³-hybridized carbons (Fsp3) is 0.625. The molecule has 2 heterocycles. The number of aromatic nitrogens is 4. The Labute approximate surface area is 150 Å². The maximum absolute atomic E-state index is 12.1. The lowest BCUT2D eigenvalue weighted by molar-refractivity contribution is -0.113. The van der Waals surface area contributed by atoms with Crippen LogP contribution in [0.1, 0.15) is 69.3 Å². The first-order valence-corrected chi connectivity index (χ1v) is 9.62. The van der Waals surface area contributed by atoms with Crippen LogP contribution < -0.4 is 11.2 Å². The van der Waals surface area contributed by atoms with E-state index in [-0.39, 0.29) is 17.6 Å². The zero-order valence-corrected chi connectivity index (χ0v) is 15.4. The standard InChI is InChI=1S/C16H24N6O2S/c1-10(2)12-8-14(24-21-12)18-13(23)9-25-16-20-19-15(22(16)17)11-6-4-3-5-7-11/h8,10-11H,3-7,9,17H2,1-2H3,(H,18,23). The molecule has 9 heteroatoms. The number of rotatable bonds is 6. The predicted octanol–water partition coefficient (Wildman–Crippen LogP) is 2.88. The number of anilines is 1. The van der Waals surface area contributed by atoms with Gasteiger partial charge in [0.1, 0.15) is 0 Å². The summed E-state index contributed by atoms with van der Waals surface area (Å²) in [6, 6.07) is 1.74. The third-order valence-electron chi connectivity index (χ3n) is 4.38. The second-order valence-corrected chi connectivity index (χ2v) is 7.60. The molecule has 1 saturated carbocycles. The number of nitrogen functional groups attached to an aromatic ring is 1. The van der Waals surface area contributed by atoms with Crippen LogP contribution in [-0.4, -0.2) is 31.7 Å². The van der Waals surface area contributed by atoms with Crippen LogP contribution in [0.4, 0.5) is 5.88 Å². The second-order valence-electron chi connectivity index (χ2n) is 6.65. The Kier molecular flexibility index (Phi) is 5.62. The summed E-state index contributed by atoms with van der Waals surface area (Å²) in [5.74, 6) is 7.90. The molecule has 1 amide bonds. The first-order chi connectivity index (χ1) is 12.0. The van der Waals surface area contributed by atoms with Crippen molar-refractivity contribution in [2.24, 2.45) is 0 Å². The Morgan fingerprint density at radius 3 is 2.84 bits per heavy atom. The van der Waals surface area contributed by atoms with Gasteiger partial charge in [0.05, 0.1) is 11.4 Å². The highest BCUT2D eigenvalue weighted by Gasteiger charge is 2.23. The van der Waals surface area contributed by atoms with Crippen molar-refractivity contribution in [1.29, 1.82) is 0 Å². The molecule has 3 N–H and O–H groups in total. The molecule has 0 radical (unpaired) electrons. The van der Waals surface area contributed by atoms with E-state index in [1.165, 1.54) is 35.7 Å². The first kappa shape index (κ1) is 17.8. The quantitative estimate of drug-likeness (QED) is 0.598. The summed E-state index contributed by atoms with van der Waals surface area (Å²) in [6.07, 6.45) is 5.89. The van der Waals surface area contributed by atoms with Crippen molar-refractivity contribution < 1.29 is 9.32 Å². The van der Waals surface area contributed by atoms with Gasteiger partial charge in [-0.3, -0.25) is 10.1 Å². The van der Waals surface area contributed by atoms with Gasteiger partial charge < -0.3 is 10.4 Å². The highest BCUT2D eigenvalue weighted by atomic mass is 32.2. The van der Waals surface area contributed by atoms with Crippen molar-refractivity contribution in [2.75, 3.05) is 16.9 Å². The average molecular weight is 364 g/mol. The third kappa shape index (κ3) is 4.33. The molecule has 2 aromatic rings. The zero-order chi connectivity index (χ0) is 17.8. The normalized spacial score (nSPS) is 15.6. The number of nitrogens with two attached hydrogens (primary N) is 1. The Balaban J connectivity index is 1.54. The number of hydrogen-bond acceptors (Lipinski definition) is 7. The van der Waals surface area contributed by atoms with Crippen molar-refractivity contribution in [2.45, 2.75) is 62.9 Å². The van der Waals surface area contributed by atoms with Gasteiger partial charge in [0.25, 0.3) is 0 Å². The molecule has 0 unspecified atom stereocenters. The Hall–Kier alpha value is -2.03. The van der Waals surface area contributed by atoms with E-state index in [0.29, 0.717) is 17.0 Å². The summed E-state index contributed by atoms with van der Waals surface area (Å²) in [5.41, 5.74) is 0.807. The summed E-state index contributed by atoms with van der Waals surface area (Å²) in [6.45, 7) is 4.02. The maximum atomic E-state index is 12.1. The van der Waals surface area contributed by atoms with Gasteiger partial charge in [0, 0.05) is 12.0 Å². The Morgan fingerprint density at radius 1 is 1.40 bits per heavy atom. The van der Waals surface area contributed by atoms with Crippen molar-refractivity contribution in [3.63, 3.8) is 0 Å². The van der Waals surface area contributed by atoms with E-state index in [4.69, 9.17) is 10.4 Å². The fourth-order valence-corrected chi connectivity index (χ4v) is 3.61. The lowest BCUT2D eigenvalue weighted by Crippen LogP contribution is -2.19. The zero-order valence-electron chi connectivity index (χ0n) is 14.6. The molecule has 1 aliphatic carbocycles. The SMILES string of the molecule is CC(C)c1cc(NC(=O)CSc2nnc(C3CCCCC3)n2N)on1. The molecular formula is C16H24N6O2S. The topological polar surface area (TPSA) is 112 Å². The van der Waals surface area contributed by atoms with Gasteiger partial charge >= 0.3 is 0 Å². The molecule has 0 aliphatic heterocycles. The smallest absolute Gasteiger partial charge is 0.237 e. The van der Waals surface area contributed by atoms with Crippen molar-refractivity contribution in [3.05, 3.63) is 17.6 Å². The summed E-state index contributed by atoms with van der Waals surface area (Å²) < 4.78 is 6.63. The van der Waals surface area contributed by atoms with Crippen LogP contribution in [0, 0.1) is 0 Å². The van der Waals surface area contributed by atoms with E-state index in [2.05, 4.69) is 20.7 Å². The van der Waals surface area contributed by atoms with Gasteiger partial charge in [-0.2, -0.15) is 0 Å². The van der Waals surface area contributed by atoms with Crippen LogP contribution in [0.5, 0.6) is 0 Å². The molecule has 8 nitrogen and oxygen atoms in total. The summed E-state index contributed by atoms with van der Waals surface area (Å²) in [7, 11) is 0. The lowest BCUT2D eigenvalue weighted by Gasteiger charge is -2.20. The summed E-state index contributed by atoms with van der Waals surface area (Å²) in [4.78, 5) is 12.1. The molecule has 0 saturated heterocycles. The van der Waals surface area contributed by atoms with Gasteiger partial charge in [-0.25, -0.2) is 4.68 Å². The fourth-order valence-electron chi connectivity index (χ4n) is 2.95. The maximum Gasteiger partial charge on any atom is 0.237 e. The van der Waals surface area contributed by atoms with Crippen molar-refractivity contribution >= 4 is 23.6 Å². The van der Waals surface area contributed by atoms with E-state index in [1.54, 1.807) is 6.07 Å². The van der Waals surface area contributed by atoms with Gasteiger partial charge in [-0.05, 0) is 18.8 Å². The largest absolute Gasteiger partial charge is 0.338 e. The van der Waals surface area contributed by atoms with E-state index in [1.807, 2.05) is 13.8 Å². The van der Waals surface area contributed by atoms with E-state index in [0.717, 1.165) is 24.4 Å². The number of nitrogens with zero attached hydrogens (tertiary/aromatic N) is 4. The van der Waals surface area contributed by atoms with E-state index in [9.17, 15) is 4.79 Å². The molecule has 3 rings (SSSR count). The van der Waals surface area contributed by atoms with Crippen LogP contribution in [-0.2, 0) is 4.79 Å². The summed E-state index contributed by atoms with van der Waals surface area (Å²) >= 11 is 1.26. The van der Waals surface area contributed by atoms with Gasteiger partial charge in [0.15, 0.2) is 5.82 Å². The molecule has 0 bridgehead atoms. The third-order valence-corrected chi connectivity index (χ3v) is 5.32. The van der Waals surface area contributed by atoms with Gasteiger partial charge in [0.2, 0.25) is 16.9 Å².